The summed E-state index contributed by atoms with van der Waals surface area (Å²) in [5, 5.41) is 9.08. The maximum Gasteiger partial charge on any atom is 0.329 e. The summed E-state index contributed by atoms with van der Waals surface area (Å²) in [6, 6.07) is 13.9. The minimum atomic E-state index is -0.838. The van der Waals surface area contributed by atoms with E-state index in [1.165, 1.54) is 6.21 Å². The van der Waals surface area contributed by atoms with Crippen LogP contribution in [0.1, 0.15) is 18.4 Å². The van der Waals surface area contributed by atoms with E-state index in [4.69, 9.17) is 9.47 Å². The van der Waals surface area contributed by atoms with Gasteiger partial charge in [-0.2, -0.15) is 5.10 Å². The number of amides is 3. The van der Waals surface area contributed by atoms with Crippen LogP contribution in [0.3, 0.4) is 0 Å². The highest BCUT2D eigenvalue weighted by Gasteiger charge is 2.26. The van der Waals surface area contributed by atoms with E-state index in [9.17, 15) is 14.4 Å². The van der Waals surface area contributed by atoms with Crippen molar-refractivity contribution < 1.29 is 23.9 Å². The topological polar surface area (TPSA) is 118 Å². The molecule has 3 amide bonds. The monoisotopic (exact) mass is 410 g/mol. The van der Waals surface area contributed by atoms with E-state index < -0.39 is 11.8 Å². The smallest absolute Gasteiger partial charge is 0.329 e. The third kappa shape index (κ3) is 6.33. The summed E-state index contributed by atoms with van der Waals surface area (Å²) >= 11 is 0. The summed E-state index contributed by atoms with van der Waals surface area (Å²) in [6.07, 6.45) is 3.12. The Kier molecular flexibility index (Phi) is 6.99. The van der Waals surface area contributed by atoms with Gasteiger partial charge in [0.15, 0.2) is 6.61 Å². The number of carbonyl (C=O) groups is 3. The number of methoxy groups -OCH3 is 1. The standard InChI is InChI=1S/C21H22N4O5/c1-29-17-10-8-15(9-11-17)23-19(26)13-30-18-5-3-2-4-14(18)12-22-25-21(28)20(27)24-16-6-7-16/h2-5,8-12,16H,6-7,13H2,1H3,(H,23,26)(H,24,27)(H,25,28)/b22-12-. The number of anilines is 1. The zero-order valence-electron chi connectivity index (χ0n) is 16.4. The highest BCUT2D eigenvalue weighted by atomic mass is 16.5. The average molecular weight is 410 g/mol. The molecule has 0 heterocycles. The minimum absolute atomic E-state index is 0.0883. The van der Waals surface area contributed by atoms with Crippen molar-refractivity contribution in [1.29, 1.82) is 0 Å². The molecule has 3 rings (SSSR count). The van der Waals surface area contributed by atoms with Crippen LogP contribution in [0.25, 0.3) is 0 Å². The zero-order chi connectivity index (χ0) is 21.3. The second-order valence-electron chi connectivity index (χ2n) is 6.55. The Morgan fingerprint density at radius 3 is 2.50 bits per heavy atom. The van der Waals surface area contributed by atoms with Crippen molar-refractivity contribution in [2.75, 3.05) is 19.0 Å². The highest BCUT2D eigenvalue weighted by Crippen LogP contribution is 2.18. The van der Waals surface area contributed by atoms with Crippen LogP contribution in [0.2, 0.25) is 0 Å². The largest absolute Gasteiger partial charge is 0.497 e. The molecule has 0 radical (unpaired) electrons. The molecule has 1 aliphatic carbocycles. The van der Waals surface area contributed by atoms with Crippen LogP contribution in [-0.2, 0) is 14.4 Å². The van der Waals surface area contributed by atoms with E-state index in [1.54, 1.807) is 55.6 Å². The molecule has 9 heteroatoms. The molecule has 0 aromatic heterocycles. The second kappa shape index (κ2) is 10.1. The van der Waals surface area contributed by atoms with E-state index >= 15 is 0 Å². The molecule has 0 bridgehead atoms. The summed E-state index contributed by atoms with van der Waals surface area (Å²) in [4.78, 5) is 35.4. The Morgan fingerprint density at radius 2 is 1.80 bits per heavy atom. The van der Waals surface area contributed by atoms with Crippen LogP contribution < -0.4 is 25.5 Å². The zero-order valence-corrected chi connectivity index (χ0v) is 16.4. The predicted octanol–water partition coefficient (Wildman–Crippen LogP) is 1.44. The Bertz CT molecular complexity index is 939. The van der Waals surface area contributed by atoms with Crippen molar-refractivity contribution in [2.24, 2.45) is 5.10 Å². The van der Waals surface area contributed by atoms with Crippen LogP contribution in [0.15, 0.2) is 53.6 Å². The third-order valence-corrected chi connectivity index (χ3v) is 4.14. The highest BCUT2D eigenvalue weighted by molar-refractivity contribution is 6.35. The quantitative estimate of drug-likeness (QED) is 0.346. The summed E-state index contributed by atoms with van der Waals surface area (Å²) in [5.74, 6) is -0.792. The summed E-state index contributed by atoms with van der Waals surface area (Å²) in [6.45, 7) is -0.215. The third-order valence-electron chi connectivity index (χ3n) is 4.14. The fraction of sp³-hybridized carbons (Fsp3) is 0.238. The lowest BCUT2D eigenvalue weighted by Gasteiger charge is -2.10. The van der Waals surface area contributed by atoms with Crippen molar-refractivity contribution in [2.45, 2.75) is 18.9 Å². The van der Waals surface area contributed by atoms with Gasteiger partial charge in [-0.25, -0.2) is 5.43 Å². The Labute approximate surface area is 173 Å². The molecule has 0 unspecified atom stereocenters. The molecule has 3 N–H and O–H groups in total. The lowest BCUT2D eigenvalue weighted by Crippen LogP contribution is -2.38. The number of para-hydroxylation sites is 1. The second-order valence-corrected chi connectivity index (χ2v) is 6.55. The summed E-state index contributed by atoms with van der Waals surface area (Å²) < 4.78 is 10.6. The lowest BCUT2D eigenvalue weighted by atomic mass is 10.2. The SMILES string of the molecule is COc1ccc(NC(=O)COc2ccccc2/C=N\NC(=O)C(=O)NC2CC2)cc1. The van der Waals surface area contributed by atoms with Crippen LogP contribution in [0, 0.1) is 0 Å². The van der Waals surface area contributed by atoms with E-state index in [0.29, 0.717) is 22.7 Å². The van der Waals surface area contributed by atoms with E-state index in [2.05, 4.69) is 21.2 Å². The van der Waals surface area contributed by atoms with Crippen molar-refractivity contribution >= 4 is 29.6 Å². The predicted molar refractivity (Wildman–Crippen MR) is 110 cm³/mol. The van der Waals surface area contributed by atoms with Crippen LogP contribution >= 0.6 is 0 Å². The molecule has 1 fully saturated rings. The molecule has 0 saturated heterocycles. The van der Waals surface area contributed by atoms with Crippen LogP contribution in [0.4, 0.5) is 5.69 Å². The summed E-state index contributed by atoms with van der Waals surface area (Å²) in [5.41, 5.74) is 3.33. The molecule has 1 aliphatic rings. The maximum absolute atomic E-state index is 12.1. The van der Waals surface area contributed by atoms with Crippen LogP contribution in [0.5, 0.6) is 11.5 Å². The molecule has 2 aromatic carbocycles. The molecular formula is C21H22N4O5. The van der Waals surface area contributed by atoms with Gasteiger partial charge in [-0.05, 0) is 49.2 Å². The van der Waals surface area contributed by atoms with Crippen molar-refractivity contribution in [1.82, 2.24) is 10.7 Å². The van der Waals surface area contributed by atoms with Gasteiger partial charge < -0.3 is 20.1 Å². The molecule has 156 valence electrons. The molecule has 2 aromatic rings. The molecule has 1 saturated carbocycles. The first-order valence-electron chi connectivity index (χ1n) is 9.35. The van der Waals surface area contributed by atoms with Gasteiger partial charge in [0, 0.05) is 17.3 Å². The first kappa shape index (κ1) is 20.8. The number of rotatable bonds is 8. The number of nitrogens with one attached hydrogen (secondary N) is 3. The fourth-order valence-corrected chi connectivity index (χ4v) is 2.42. The first-order chi connectivity index (χ1) is 14.5. The van der Waals surface area contributed by atoms with Gasteiger partial charge in [0.05, 0.1) is 13.3 Å². The van der Waals surface area contributed by atoms with E-state index in [1.807, 2.05) is 0 Å². The Morgan fingerprint density at radius 1 is 1.07 bits per heavy atom. The average Bonchev–Trinajstić information content (AvgIpc) is 3.57. The van der Waals surface area contributed by atoms with Crippen molar-refractivity contribution in [3.8, 4) is 11.5 Å². The number of hydrogen-bond donors (Lipinski definition) is 3. The number of hydrazone groups is 1. The van der Waals surface area contributed by atoms with Crippen molar-refractivity contribution in [3.05, 3.63) is 54.1 Å². The number of hydrogen-bond acceptors (Lipinski definition) is 6. The Balaban J connectivity index is 1.50. The molecule has 9 nitrogen and oxygen atoms in total. The van der Waals surface area contributed by atoms with E-state index in [0.717, 1.165) is 12.8 Å². The van der Waals surface area contributed by atoms with Crippen LogP contribution in [-0.4, -0.2) is 43.7 Å². The molecule has 0 spiro atoms. The molecule has 0 atom stereocenters. The van der Waals surface area contributed by atoms with Gasteiger partial charge in [-0.15, -0.1) is 0 Å². The van der Waals surface area contributed by atoms with Gasteiger partial charge in [-0.1, -0.05) is 12.1 Å². The fourth-order valence-electron chi connectivity index (χ4n) is 2.42. The lowest BCUT2D eigenvalue weighted by molar-refractivity contribution is -0.139. The Hall–Kier alpha value is -3.88. The van der Waals surface area contributed by atoms with E-state index in [-0.39, 0.29) is 18.6 Å². The van der Waals surface area contributed by atoms with Crippen molar-refractivity contribution in [3.63, 3.8) is 0 Å². The van der Waals surface area contributed by atoms with Gasteiger partial charge in [-0.3, -0.25) is 14.4 Å². The first-order valence-corrected chi connectivity index (χ1v) is 9.35. The maximum atomic E-state index is 12.1. The molecule has 0 aliphatic heterocycles. The molecular weight excluding hydrogens is 388 g/mol. The number of nitrogens with zero attached hydrogens (tertiary/aromatic N) is 1. The van der Waals surface area contributed by atoms with Gasteiger partial charge in [0.2, 0.25) is 0 Å². The number of carbonyl (C=O) groups excluding carboxylic acids is 3. The minimum Gasteiger partial charge on any atom is -0.497 e. The van der Waals surface area contributed by atoms with Gasteiger partial charge in [0.25, 0.3) is 5.91 Å². The van der Waals surface area contributed by atoms with Gasteiger partial charge in [0.1, 0.15) is 11.5 Å². The normalized spacial score (nSPS) is 12.8. The number of benzene rings is 2. The molecule has 30 heavy (non-hydrogen) atoms. The number of ether oxygens (including phenoxy) is 2. The van der Waals surface area contributed by atoms with Gasteiger partial charge >= 0.3 is 11.8 Å². The summed E-state index contributed by atoms with van der Waals surface area (Å²) in [7, 11) is 1.57.